The molecule has 25 heavy (non-hydrogen) atoms. The summed E-state index contributed by atoms with van der Waals surface area (Å²) < 4.78 is 32.1. The average molecular weight is 410 g/mol. The van der Waals surface area contributed by atoms with Gasteiger partial charge in [0.25, 0.3) is 0 Å². The molecule has 7 nitrogen and oxygen atoms in total. The van der Waals surface area contributed by atoms with Gasteiger partial charge in [-0.15, -0.1) is 12.4 Å². The molecule has 3 rings (SSSR count). The fourth-order valence-electron chi connectivity index (χ4n) is 2.89. The van der Waals surface area contributed by atoms with E-state index in [-0.39, 0.29) is 47.4 Å². The Balaban J connectivity index is 0.00000225. The van der Waals surface area contributed by atoms with Crippen molar-refractivity contribution in [3.63, 3.8) is 0 Å². The van der Waals surface area contributed by atoms with Crippen LogP contribution in [0.1, 0.15) is 0 Å². The van der Waals surface area contributed by atoms with Gasteiger partial charge in [0.15, 0.2) is 0 Å². The summed E-state index contributed by atoms with van der Waals surface area (Å²) in [6, 6.07) is 6.05. The fourth-order valence-corrected chi connectivity index (χ4v) is 4.80. The van der Waals surface area contributed by atoms with Crippen LogP contribution in [0.2, 0.25) is 5.02 Å². The van der Waals surface area contributed by atoms with Crippen LogP contribution in [0, 0.1) is 0 Å². The molecule has 140 valence electrons. The summed E-state index contributed by atoms with van der Waals surface area (Å²) in [5, 5.41) is 3.33. The van der Waals surface area contributed by atoms with E-state index in [9.17, 15) is 13.2 Å². The lowest BCUT2D eigenvalue weighted by atomic mass is 10.2. The smallest absolute Gasteiger partial charge is 0.244 e. The molecule has 10 heteroatoms. The molecule has 0 aliphatic carbocycles. The van der Waals surface area contributed by atoms with Gasteiger partial charge in [0.2, 0.25) is 15.9 Å². The zero-order valence-electron chi connectivity index (χ0n) is 13.6. The first-order chi connectivity index (χ1) is 11.5. The molecule has 0 radical (unpaired) electrons. The van der Waals surface area contributed by atoms with Crippen molar-refractivity contribution in [3.05, 3.63) is 29.3 Å². The molecular formula is C15H21Cl2N3O4S. The number of nitrogens with one attached hydrogen (secondary N) is 1. The van der Waals surface area contributed by atoms with Gasteiger partial charge in [-0.3, -0.25) is 4.79 Å². The third kappa shape index (κ3) is 4.45. The number of carbonyl (C=O) groups excluding carboxylic acids is 1. The van der Waals surface area contributed by atoms with E-state index in [0.717, 1.165) is 0 Å². The van der Waals surface area contributed by atoms with Gasteiger partial charge >= 0.3 is 0 Å². The van der Waals surface area contributed by atoms with Gasteiger partial charge in [-0.05, 0) is 12.1 Å². The number of sulfonamides is 1. The first-order valence-electron chi connectivity index (χ1n) is 7.85. The van der Waals surface area contributed by atoms with Crippen molar-refractivity contribution in [2.45, 2.75) is 10.9 Å². The van der Waals surface area contributed by atoms with Crippen molar-refractivity contribution in [3.8, 4) is 0 Å². The lowest BCUT2D eigenvalue weighted by Gasteiger charge is -2.36. The number of halogens is 2. The fraction of sp³-hybridized carbons (Fsp3) is 0.533. The molecule has 2 heterocycles. The first-order valence-corrected chi connectivity index (χ1v) is 9.66. The standard InChI is InChI=1S/C15H20ClN3O4S.ClH/c16-12-3-1-2-4-14(12)24(21,22)19-8-6-18(7-9-19)15(20)13-11-23-10-5-17-13;/h1-4,13,17H,5-11H2;1H. The first kappa shape index (κ1) is 20.4. The molecule has 2 fully saturated rings. The molecule has 0 saturated carbocycles. The highest BCUT2D eigenvalue weighted by Gasteiger charge is 2.33. The Morgan fingerprint density at radius 1 is 1.20 bits per heavy atom. The second-order valence-corrected chi connectivity index (χ2v) is 8.05. The van der Waals surface area contributed by atoms with Gasteiger partial charge in [0.1, 0.15) is 10.9 Å². The van der Waals surface area contributed by atoms with Crippen LogP contribution < -0.4 is 5.32 Å². The Kier molecular flexibility index (Phi) is 7.07. The molecule has 2 aliphatic heterocycles. The van der Waals surface area contributed by atoms with E-state index in [1.54, 1.807) is 23.1 Å². The largest absolute Gasteiger partial charge is 0.378 e. The van der Waals surface area contributed by atoms with Crippen molar-refractivity contribution in [1.29, 1.82) is 0 Å². The van der Waals surface area contributed by atoms with E-state index < -0.39 is 10.0 Å². The van der Waals surface area contributed by atoms with Crippen molar-refractivity contribution in [1.82, 2.24) is 14.5 Å². The number of benzene rings is 1. The van der Waals surface area contributed by atoms with E-state index in [0.29, 0.717) is 32.8 Å². The number of ether oxygens (including phenoxy) is 1. The van der Waals surface area contributed by atoms with Gasteiger partial charge in [-0.1, -0.05) is 23.7 Å². The highest BCUT2D eigenvalue weighted by Crippen LogP contribution is 2.25. The van der Waals surface area contributed by atoms with Crippen molar-refractivity contribution < 1.29 is 17.9 Å². The minimum Gasteiger partial charge on any atom is -0.378 e. The zero-order chi connectivity index (χ0) is 17.2. The molecule has 1 aromatic carbocycles. The van der Waals surface area contributed by atoms with E-state index in [4.69, 9.17) is 16.3 Å². The van der Waals surface area contributed by atoms with Crippen molar-refractivity contribution in [2.75, 3.05) is 45.9 Å². The molecule has 0 bridgehead atoms. The molecule has 1 unspecified atom stereocenters. The Labute approximate surface area is 158 Å². The van der Waals surface area contributed by atoms with Crippen LogP contribution in [-0.2, 0) is 19.6 Å². The number of hydrogen-bond donors (Lipinski definition) is 1. The summed E-state index contributed by atoms with van der Waals surface area (Å²) in [4.78, 5) is 14.2. The second kappa shape index (κ2) is 8.66. The summed E-state index contributed by atoms with van der Waals surface area (Å²) in [5.74, 6) is -0.0375. The number of carbonyl (C=O) groups is 1. The van der Waals surface area contributed by atoms with Crippen LogP contribution in [0.25, 0.3) is 0 Å². The van der Waals surface area contributed by atoms with Crippen LogP contribution in [0.3, 0.4) is 0 Å². The van der Waals surface area contributed by atoms with E-state index in [1.807, 2.05) is 0 Å². The van der Waals surface area contributed by atoms with Crippen LogP contribution in [-0.4, -0.2) is 75.5 Å². The molecule has 1 atom stereocenters. The van der Waals surface area contributed by atoms with E-state index in [2.05, 4.69) is 5.32 Å². The Bertz CT molecular complexity index is 702. The minimum absolute atomic E-state index is 0. The van der Waals surface area contributed by atoms with Gasteiger partial charge in [0.05, 0.1) is 18.2 Å². The lowest BCUT2D eigenvalue weighted by Crippen LogP contribution is -2.57. The normalized spacial score (nSPS) is 22.3. The predicted octanol–water partition coefficient (Wildman–Crippen LogP) is 0.583. The molecule has 1 N–H and O–H groups in total. The number of amides is 1. The lowest BCUT2D eigenvalue weighted by molar-refractivity contribution is -0.137. The number of hydrogen-bond acceptors (Lipinski definition) is 5. The SMILES string of the molecule is Cl.O=C(C1COCCN1)N1CCN(S(=O)(=O)c2ccccc2Cl)CC1. The number of rotatable bonds is 3. The number of morpholine rings is 1. The van der Waals surface area contributed by atoms with Crippen LogP contribution in [0.4, 0.5) is 0 Å². The summed E-state index contributed by atoms with van der Waals surface area (Å²) in [7, 11) is -3.64. The zero-order valence-corrected chi connectivity index (χ0v) is 15.9. The van der Waals surface area contributed by atoms with E-state index >= 15 is 0 Å². The maximum absolute atomic E-state index is 12.7. The third-order valence-corrected chi connectivity index (χ3v) is 6.62. The third-order valence-electron chi connectivity index (χ3n) is 4.22. The number of nitrogens with zero attached hydrogens (tertiary/aromatic N) is 2. The number of piperazine rings is 1. The Morgan fingerprint density at radius 2 is 1.88 bits per heavy atom. The van der Waals surface area contributed by atoms with Crippen molar-refractivity contribution >= 4 is 39.9 Å². The van der Waals surface area contributed by atoms with Crippen LogP contribution in [0.5, 0.6) is 0 Å². The molecule has 2 saturated heterocycles. The monoisotopic (exact) mass is 409 g/mol. The maximum Gasteiger partial charge on any atom is 0.244 e. The molecular weight excluding hydrogens is 389 g/mol. The summed E-state index contributed by atoms with van der Waals surface area (Å²) in [5.41, 5.74) is 0. The maximum atomic E-state index is 12.7. The Morgan fingerprint density at radius 3 is 2.48 bits per heavy atom. The molecule has 0 spiro atoms. The Hall–Kier alpha value is -0.900. The molecule has 0 aromatic heterocycles. The minimum atomic E-state index is -3.64. The summed E-state index contributed by atoms with van der Waals surface area (Å²) >= 11 is 6.02. The van der Waals surface area contributed by atoms with Gasteiger partial charge in [-0.2, -0.15) is 4.31 Å². The topological polar surface area (TPSA) is 79.0 Å². The molecule has 1 aromatic rings. The van der Waals surface area contributed by atoms with Gasteiger partial charge in [-0.25, -0.2) is 8.42 Å². The van der Waals surface area contributed by atoms with Crippen LogP contribution in [0.15, 0.2) is 29.2 Å². The predicted molar refractivity (Wildman–Crippen MR) is 96.6 cm³/mol. The van der Waals surface area contributed by atoms with Gasteiger partial charge in [0, 0.05) is 32.7 Å². The second-order valence-electron chi connectivity index (χ2n) is 5.74. The van der Waals surface area contributed by atoms with Gasteiger partial charge < -0.3 is 15.0 Å². The average Bonchev–Trinajstić information content (AvgIpc) is 2.62. The van der Waals surface area contributed by atoms with E-state index in [1.165, 1.54) is 10.4 Å². The summed E-state index contributed by atoms with van der Waals surface area (Å²) in [6.07, 6.45) is 0. The molecule has 2 aliphatic rings. The highest BCUT2D eigenvalue weighted by atomic mass is 35.5. The summed E-state index contributed by atoms with van der Waals surface area (Å²) in [6.45, 7) is 2.85. The molecule has 1 amide bonds. The highest BCUT2D eigenvalue weighted by molar-refractivity contribution is 7.89. The van der Waals surface area contributed by atoms with Crippen LogP contribution >= 0.6 is 24.0 Å². The quantitative estimate of drug-likeness (QED) is 0.789. The van der Waals surface area contributed by atoms with Crippen molar-refractivity contribution in [2.24, 2.45) is 0 Å².